The Morgan fingerprint density at radius 2 is 2.15 bits per heavy atom. The van der Waals surface area contributed by atoms with Gasteiger partial charge in [-0.15, -0.1) is 0 Å². The second-order valence-electron chi connectivity index (χ2n) is 5.13. The van der Waals surface area contributed by atoms with Crippen LogP contribution in [0.5, 0.6) is 0 Å². The Morgan fingerprint density at radius 1 is 1.30 bits per heavy atom. The molecule has 3 rings (SSSR count). The van der Waals surface area contributed by atoms with Crippen LogP contribution in [0.2, 0.25) is 0 Å². The summed E-state index contributed by atoms with van der Waals surface area (Å²) in [5.74, 6) is 0.503. The standard InChI is InChI=1S/C16H18N2OS/c19-16(17-10-13-4-2-1-3-5-13)18-8-6-14(11-18)15-7-9-20-12-15/h1-5,7,9,12,14H,6,8,10-11H2,(H,17,19). The lowest BCUT2D eigenvalue weighted by molar-refractivity contribution is 0.208. The third-order valence-electron chi connectivity index (χ3n) is 3.78. The Kier molecular flexibility index (Phi) is 4.02. The van der Waals surface area contributed by atoms with Gasteiger partial charge in [0, 0.05) is 25.6 Å². The van der Waals surface area contributed by atoms with Crippen LogP contribution in [-0.4, -0.2) is 24.0 Å². The molecule has 1 aromatic carbocycles. The highest BCUT2D eigenvalue weighted by Crippen LogP contribution is 2.28. The summed E-state index contributed by atoms with van der Waals surface area (Å²) in [7, 11) is 0. The molecule has 0 bridgehead atoms. The molecule has 1 saturated heterocycles. The molecule has 0 aliphatic carbocycles. The van der Waals surface area contributed by atoms with Gasteiger partial charge in [0.15, 0.2) is 0 Å². The number of carbonyl (C=O) groups excluding carboxylic acids is 1. The van der Waals surface area contributed by atoms with Gasteiger partial charge in [-0.1, -0.05) is 30.3 Å². The fraction of sp³-hybridized carbons (Fsp3) is 0.312. The van der Waals surface area contributed by atoms with Crippen LogP contribution in [0.15, 0.2) is 47.2 Å². The number of carbonyl (C=O) groups is 1. The SMILES string of the molecule is O=C(NCc1ccccc1)N1CCC(c2ccsc2)C1. The van der Waals surface area contributed by atoms with Gasteiger partial charge in [-0.3, -0.25) is 0 Å². The van der Waals surface area contributed by atoms with E-state index in [4.69, 9.17) is 0 Å². The molecule has 1 unspecified atom stereocenters. The third-order valence-corrected chi connectivity index (χ3v) is 4.48. The first kappa shape index (κ1) is 13.2. The van der Waals surface area contributed by atoms with E-state index >= 15 is 0 Å². The summed E-state index contributed by atoms with van der Waals surface area (Å²) in [6.45, 7) is 2.28. The van der Waals surface area contributed by atoms with Crippen molar-refractivity contribution in [3.05, 3.63) is 58.3 Å². The summed E-state index contributed by atoms with van der Waals surface area (Å²) < 4.78 is 0. The summed E-state index contributed by atoms with van der Waals surface area (Å²) in [4.78, 5) is 14.1. The molecule has 1 N–H and O–H groups in total. The van der Waals surface area contributed by atoms with Crippen molar-refractivity contribution in [2.24, 2.45) is 0 Å². The molecule has 2 heterocycles. The highest BCUT2D eigenvalue weighted by Gasteiger charge is 2.27. The number of amides is 2. The minimum absolute atomic E-state index is 0.0478. The molecule has 1 aromatic heterocycles. The molecule has 1 atom stereocenters. The second-order valence-corrected chi connectivity index (χ2v) is 5.91. The smallest absolute Gasteiger partial charge is 0.317 e. The van der Waals surface area contributed by atoms with E-state index in [1.165, 1.54) is 5.56 Å². The molecule has 104 valence electrons. The van der Waals surface area contributed by atoms with E-state index in [0.717, 1.165) is 25.1 Å². The van der Waals surface area contributed by atoms with Gasteiger partial charge in [-0.05, 0) is 34.4 Å². The van der Waals surface area contributed by atoms with E-state index in [1.54, 1.807) is 11.3 Å². The van der Waals surface area contributed by atoms with Crippen LogP contribution in [0.1, 0.15) is 23.5 Å². The molecular weight excluding hydrogens is 268 g/mol. The van der Waals surface area contributed by atoms with E-state index in [-0.39, 0.29) is 6.03 Å². The number of hydrogen-bond donors (Lipinski definition) is 1. The monoisotopic (exact) mass is 286 g/mol. The highest BCUT2D eigenvalue weighted by atomic mass is 32.1. The molecule has 1 aliphatic heterocycles. The van der Waals surface area contributed by atoms with Crippen LogP contribution in [0.3, 0.4) is 0 Å². The van der Waals surface area contributed by atoms with E-state index in [0.29, 0.717) is 12.5 Å². The van der Waals surface area contributed by atoms with Crippen LogP contribution < -0.4 is 5.32 Å². The van der Waals surface area contributed by atoms with Crippen molar-refractivity contribution in [3.8, 4) is 0 Å². The van der Waals surface area contributed by atoms with Crippen molar-refractivity contribution in [1.82, 2.24) is 10.2 Å². The average Bonchev–Trinajstić information content (AvgIpc) is 3.16. The largest absolute Gasteiger partial charge is 0.334 e. The Morgan fingerprint density at radius 3 is 2.90 bits per heavy atom. The molecule has 1 fully saturated rings. The van der Waals surface area contributed by atoms with Crippen molar-refractivity contribution >= 4 is 17.4 Å². The van der Waals surface area contributed by atoms with Gasteiger partial charge in [-0.25, -0.2) is 4.79 Å². The zero-order valence-corrected chi connectivity index (χ0v) is 12.1. The Balaban J connectivity index is 1.51. The molecule has 2 aromatic rings. The summed E-state index contributed by atoms with van der Waals surface area (Å²) in [6, 6.07) is 12.2. The summed E-state index contributed by atoms with van der Waals surface area (Å²) in [5, 5.41) is 7.29. The van der Waals surface area contributed by atoms with Gasteiger partial charge in [0.05, 0.1) is 0 Å². The lowest BCUT2D eigenvalue weighted by Gasteiger charge is -2.17. The maximum Gasteiger partial charge on any atom is 0.317 e. The number of urea groups is 1. The molecule has 3 nitrogen and oxygen atoms in total. The van der Waals surface area contributed by atoms with Crippen molar-refractivity contribution in [3.63, 3.8) is 0 Å². The predicted octanol–water partition coefficient (Wildman–Crippen LogP) is 3.45. The van der Waals surface area contributed by atoms with Crippen LogP contribution >= 0.6 is 11.3 Å². The maximum absolute atomic E-state index is 12.2. The topological polar surface area (TPSA) is 32.3 Å². The molecule has 2 amide bonds. The van der Waals surface area contributed by atoms with Crippen LogP contribution in [-0.2, 0) is 6.54 Å². The first-order valence-electron chi connectivity index (χ1n) is 6.92. The molecule has 0 saturated carbocycles. The first-order chi connectivity index (χ1) is 9.83. The summed E-state index contributed by atoms with van der Waals surface area (Å²) in [5.41, 5.74) is 2.50. The van der Waals surface area contributed by atoms with Gasteiger partial charge in [-0.2, -0.15) is 11.3 Å². The van der Waals surface area contributed by atoms with Gasteiger partial charge in [0.25, 0.3) is 0 Å². The van der Waals surface area contributed by atoms with Gasteiger partial charge < -0.3 is 10.2 Å². The fourth-order valence-corrected chi connectivity index (χ4v) is 3.35. The van der Waals surface area contributed by atoms with E-state index in [2.05, 4.69) is 22.1 Å². The van der Waals surface area contributed by atoms with Crippen LogP contribution in [0.25, 0.3) is 0 Å². The Bertz CT molecular complexity index is 553. The van der Waals surface area contributed by atoms with Gasteiger partial charge in [0.1, 0.15) is 0 Å². The Labute approximate surface area is 123 Å². The predicted molar refractivity (Wildman–Crippen MR) is 81.9 cm³/mol. The fourth-order valence-electron chi connectivity index (χ4n) is 2.61. The van der Waals surface area contributed by atoms with E-state index < -0.39 is 0 Å². The zero-order valence-electron chi connectivity index (χ0n) is 11.3. The number of likely N-dealkylation sites (tertiary alicyclic amines) is 1. The molecule has 0 radical (unpaired) electrons. The molecule has 1 aliphatic rings. The third kappa shape index (κ3) is 3.02. The molecular formula is C16H18N2OS. The first-order valence-corrected chi connectivity index (χ1v) is 7.86. The number of nitrogens with zero attached hydrogens (tertiary/aromatic N) is 1. The van der Waals surface area contributed by atoms with Crippen molar-refractivity contribution in [2.45, 2.75) is 18.9 Å². The van der Waals surface area contributed by atoms with Crippen molar-refractivity contribution in [1.29, 1.82) is 0 Å². The zero-order chi connectivity index (χ0) is 13.8. The Hall–Kier alpha value is -1.81. The normalized spacial score (nSPS) is 18.2. The summed E-state index contributed by atoms with van der Waals surface area (Å²) in [6.07, 6.45) is 1.06. The van der Waals surface area contributed by atoms with E-state index in [1.807, 2.05) is 35.2 Å². The van der Waals surface area contributed by atoms with E-state index in [9.17, 15) is 4.79 Å². The lowest BCUT2D eigenvalue weighted by atomic mass is 10.0. The number of nitrogens with one attached hydrogen (secondary N) is 1. The summed E-state index contributed by atoms with van der Waals surface area (Å²) >= 11 is 1.72. The minimum atomic E-state index is 0.0478. The number of hydrogen-bond acceptors (Lipinski definition) is 2. The number of rotatable bonds is 3. The molecule has 0 spiro atoms. The highest BCUT2D eigenvalue weighted by molar-refractivity contribution is 7.07. The van der Waals surface area contributed by atoms with Gasteiger partial charge >= 0.3 is 6.03 Å². The lowest BCUT2D eigenvalue weighted by Crippen LogP contribution is -2.37. The molecule has 20 heavy (non-hydrogen) atoms. The molecule has 4 heteroatoms. The number of benzene rings is 1. The van der Waals surface area contributed by atoms with Crippen LogP contribution in [0.4, 0.5) is 4.79 Å². The minimum Gasteiger partial charge on any atom is -0.334 e. The van der Waals surface area contributed by atoms with Crippen molar-refractivity contribution in [2.75, 3.05) is 13.1 Å². The maximum atomic E-state index is 12.2. The van der Waals surface area contributed by atoms with Gasteiger partial charge in [0.2, 0.25) is 0 Å². The second kappa shape index (κ2) is 6.09. The average molecular weight is 286 g/mol. The number of thiophene rings is 1. The quantitative estimate of drug-likeness (QED) is 0.921. The van der Waals surface area contributed by atoms with Crippen LogP contribution in [0, 0.1) is 0 Å². The van der Waals surface area contributed by atoms with Crippen molar-refractivity contribution < 1.29 is 4.79 Å².